The summed E-state index contributed by atoms with van der Waals surface area (Å²) < 4.78 is 0. The Morgan fingerprint density at radius 3 is 2.70 bits per heavy atom. The summed E-state index contributed by atoms with van der Waals surface area (Å²) in [6, 6.07) is 0. The lowest BCUT2D eigenvalue weighted by atomic mass is 9.98. The van der Waals surface area contributed by atoms with Crippen LogP contribution in [0.1, 0.15) is 40.0 Å². The van der Waals surface area contributed by atoms with E-state index in [9.17, 15) is 9.59 Å². The lowest BCUT2D eigenvalue weighted by molar-refractivity contribution is -0.117. The molecule has 0 aromatic rings. The first-order valence-electron chi connectivity index (χ1n) is 8.04. The third kappa shape index (κ3) is 4.06. The molecular formula is C18H23N3O2. The highest BCUT2D eigenvalue weighted by molar-refractivity contribution is 6.15. The summed E-state index contributed by atoms with van der Waals surface area (Å²) in [7, 11) is 0. The number of carbonyl (C=O) groups excluding carboxylic acids is 2. The van der Waals surface area contributed by atoms with Crippen molar-refractivity contribution >= 4 is 17.5 Å². The maximum absolute atomic E-state index is 12.0. The maximum atomic E-state index is 12.0. The van der Waals surface area contributed by atoms with Crippen LogP contribution < -0.4 is 10.6 Å². The van der Waals surface area contributed by atoms with E-state index in [1.54, 1.807) is 12.3 Å². The summed E-state index contributed by atoms with van der Waals surface area (Å²) in [6.45, 7) is 6.52. The summed E-state index contributed by atoms with van der Waals surface area (Å²) in [5.74, 6) is -0.249. The summed E-state index contributed by atoms with van der Waals surface area (Å²) in [4.78, 5) is 27.8. The number of nitrogens with one attached hydrogen (secondary N) is 2. The molecular weight excluding hydrogens is 290 g/mol. The van der Waals surface area contributed by atoms with Gasteiger partial charge in [0.2, 0.25) is 0 Å². The number of dihydropyridines is 2. The zero-order valence-corrected chi connectivity index (χ0v) is 13.9. The van der Waals surface area contributed by atoms with Gasteiger partial charge in [0.25, 0.3) is 11.8 Å². The fraction of sp³-hybridized carbons (Fsp3) is 0.389. The van der Waals surface area contributed by atoms with Crippen LogP contribution in [0.25, 0.3) is 0 Å². The number of hydrogen-bond acceptors (Lipinski definition) is 3. The SMILES string of the molecule is CCCCNC(=O)C1=CNC(=C2C=C(CC)C(=O)N=C2C)C=C1. The van der Waals surface area contributed by atoms with Gasteiger partial charge in [-0.3, -0.25) is 9.59 Å². The van der Waals surface area contributed by atoms with Gasteiger partial charge in [-0.05, 0) is 38.0 Å². The van der Waals surface area contributed by atoms with Crippen LogP contribution in [0.3, 0.4) is 0 Å². The normalized spacial score (nSPS) is 20.5. The van der Waals surface area contributed by atoms with E-state index in [-0.39, 0.29) is 11.8 Å². The predicted molar refractivity (Wildman–Crippen MR) is 91.8 cm³/mol. The van der Waals surface area contributed by atoms with Crippen LogP contribution in [0, 0.1) is 0 Å². The molecule has 0 saturated heterocycles. The van der Waals surface area contributed by atoms with Crippen molar-refractivity contribution in [3.05, 3.63) is 46.8 Å². The van der Waals surface area contributed by atoms with Gasteiger partial charge in [-0.25, -0.2) is 4.99 Å². The molecule has 5 nitrogen and oxygen atoms in total. The number of amides is 2. The van der Waals surface area contributed by atoms with Crippen molar-refractivity contribution in [3.8, 4) is 0 Å². The van der Waals surface area contributed by atoms with Gasteiger partial charge in [0.05, 0.1) is 11.3 Å². The van der Waals surface area contributed by atoms with E-state index in [4.69, 9.17) is 0 Å². The van der Waals surface area contributed by atoms with E-state index in [0.717, 1.165) is 24.1 Å². The number of carbonyl (C=O) groups is 2. The van der Waals surface area contributed by atoms with Crippen LogP contribution in [0.15, 0.2) is 51.8 Å². The van der Waals surface area contributed by atoms with Crippen molar-refractivity contribution in [1.29, 1.82) is 0 Å². The second-order valence-corrected chi connectivity index (χ2v) is 5.54. The molecule has 0 atom stereocenters. The van der Waals surface area contributed by atoms with E-state index in [0.29, 0.717) is 29.8 Å². The molecule has 0 unspecified atom stereocenters. The maximum Gasteiger partial charge on any atom is 0.273 e. The van der Waals surface area contributed by atoms with Crippen LogP contribution in [0.4, 0.5) is 0 Å². The highest BCUT2D eigenvalue weighted by Crippen LogP contribution is 2.21. The van der Waals surface area contributed by atoms with E-state index in [1.807, 2.05) is 26.0 Å². The highest BCUT2D eigenvalue weighted by atomic mass is 16.2. The second-order valence-electron chi connectivity index (χ2n) is 5.54. The van der Waals surface area contributed by atoms with Gasteiger partial charge in [0.1, 0.15) is 0 Å². The van der Waals surface area contributed by atoms with Crippen LogP contribution in [-0.4, -0.2) is 24.1 Å². The molecule has 5 heteroatoms. The average molecular weight is 313 g/mol. The fourth-order valence-electron chi connectivity index (χ4n) is 2.37. The van der Waals surface area contributed by atoms with Crippen LogP contribution >= 0.6 is 0 Å². The van der Waals surface area contributed by atoms with Gasteiger partial charge >= 0.3 is 0 Å². The van der Waals surface area contributed by atoms with Crippen molar-refractivity contribution < 1.29 is 9.59 Å². The molecule has 2 aliphatic rings. The monoisotopic (exact) mass is 313 g/mol. The molecule has 23 heavy (non-hydrogen) atoms. The predicted octanol–water partition coefficient (Wildman–Crippen LogP) is 2.54. The van der Waals surface area contributed by atoms with Gasteiger partial charge in [0.15, 0.2) is 0 Å². The van der Waals surface area contributed by atoms with Crippen LogP contribution in [0.2, 0.25) is 0 Å². The third-order valence-electron chi connectivity index (χ3n) is 3.81. The minimum atomic E-state index is -0.166. The smallest absolute Gasteiger partial charge is 0.273 e. The fourth-order valence-corrected chi connectivity index (χ4v) is 2.37. The topological polar surface area (TPSA) is 70.6 Å². The Morgan fingerprint density at radius 2 is 2.09 bits per heavy atom. The third-order valence-corrected chi connectivity index (χ3v) is 3.81. The molecule has 0 bridgehead atoms. The molecule has 2 N–H and O–H groups in total. The molecule has 122 valence electrons. The Hall–Kier alpha value is -2.43. The highest BCUT2D eigenvalue weighted by Gasteiger charge is 2.19. The number of unbranched alkanes of at least 4 members (excludes halogenated alkanes) is 1. The number of aliphatic imine (C=N–C) groups is 1. The molecule has 0 saturated carbocycles. The Bertz CT molecular complexity index is 664. The number of rotatable bonds is 5. The molecule has 0 fully saturated rings. The van der Waals surface area contributed by atoms with E-state index >= 15 is 0 Å². The van der Waals surface area contributed by atoms with Crippen molar-refractivity contribution in [3.63, 3.8) is 0 Å². The van der Waals surface area contributed by atoms with Crippen molar-refractivity contribution in [2.24, 2.45) is 4.99 Å². The van der Waals surface area contributed by atoms with E-state index in [2.05, 4.69) is 22.5 Å². The largest absolute Gasteiger partial charge is 0.360 e. The standard InChI is InChI=1S/C18H23N3O2/c1-4-6-9-19-17(22)14-7-8-16(20-11-14)15-10-13(5-2)18(23)21-12(15)3/h7-8,10-11,20H,4-6,9H2,1-3H3,(H,19,22). The molecule has 0 aromatic carbocycles. The molecule has 0 aromatic heterocycles. The molecule has 2 aliphatic heterocycles. The number of hydrogen-bond donors (Lipinski definition) is 2. The molecule has 0 radical (unpaired) electrons. The summed E-state index contributed by atoms with van der Waals surface area (Å²) in [5.41, 5.74) is 3.70. The van der Waals surface area contributed by atoms with Gasteiger partial charge in [-0.15, -0.1) is 0 Å². The Labute approximate surface area is 136 Å². The van der Waals surface area contributed by atoms with E-state index in [1.165, 1.54) is 0 Å². The molecule has 2 rings (SSSR count). The quantitative estimate of drug-likeness (QED) is 0.766. The summed E-state index contributed by atoms with van der Waals surface area (Å²) >= 11 is 0. The molecule has 0 aliphatic carbocycles. The second kappa shape index (κ2) is 7.72. The number of nitrogens with zero attached hydrogens (tertiary/aromatic N) is 1. The first kappa shape index (κ1) is 16.9. The average Bonchev–Trinajstić information content (AvgIpc) is 2.55. The number of allylic oxidation sites excluding steroid dienone is 3. The summed E-state index contributed by atoms with van der Waals surface area (Å²) in [6.07, 6.45) is 9.86. The summed E-state index contributed by atoms with van der Waals surface area (Å²) in [5, 5.41) is 6.02. The lowest BCUT2D eigenvalue weighted by Crippen LogP contribution is -2.28. The van der Waals surface area contributed by atoms with Gasteiger partial charge in [-0.1, -0.05) is 20.3 Å². The van der Waals surface area contributed by atoms with Crippen LogP contribution in [-0.2, 0) is 9.59 Å². The van der Waals surface area contributed by atoms with Gasteiger partial charge in [-0.2, -0.15) is 0 Å². The van der Waals surface area contributed by atoms with Crippen LogP contribution in [0.5, 0.6) is 0 Å². The van der Waals surface area contributed by atoms with E-state index < -0.39 is 0 Å². The first-order valence-corrected chi connectivity index (χ1v) is 8.04. The first-order chi connectivity index (χ1) is 11.1. The molecule has 2 heterocycles. The minimum absolute atomic E-state index is 0.0831. The minimum Gasteiger partial charge on any atom is -0.360 e. The van der Waals surface area contributed by atoms with Gasteiger partial charge < -0.3 is 10.6 Å². The van der Waals surface area contributed by atoms with Crippen molar-refractivity contribution in [2.45, 2.75) is 40.0 Å². The zero-order chi connectivity index (χ0) is 16.8. The van der Waals surface area contributed by atoms with Crippen molar-refractivity contribution in [2.75, 3.05) is 6.54 Å². The van der Waals surface area contributed by atoms with Crippen molar-refractivity contribution in [1.82, 2.24) is 10.6 Å². The Balaban J connectivity index is 2.13. The molecule has 0 spiro atoms. The van der Waals surface area contributed by atoms with Gasteiger partial charge in [0, 0.05) is 29.6 Å². The zero-order valence-electron chi connectivity index (χ0n) is 13.9. The molecule has 2 amide bonds. The Kier molecular flexibility index (Phi) is 5.68. The lowest BCUT2D eigenvalue weighted by Gasteiger charge is -2.18. The Morgan fingerprint density at radius 1 is 1.30 bits per heavy atom.